The van der Waals surface area contributed by atoms with Crippen molar-refractivity contribution >= 4 is 16.6 Å². The Morgan fingerprint density at radius 3 is 2.50 bits per heavy atom. The molecule has 1 aliphatic heterocycles. The van der Waals surface area contributed by atoms with Gasteiger partial charge in [0.25, 0.3) is 5.56 Å². The monoisotopic (exact) mass is 394 g/mol. The van der Waals surface area contributed by atoms with E-state index < -0.39 is 22.7 Å². The third-order valence-electron chi connectivity index (χ3n) is 5.71. The number of nitrogen functional groups attached to an aromatic ring is 1. The van der Waals surface area contributed by atoms with Crippen LogP contribution in [0.2, 0.25) is 0 Å². The highest BCUT2D eigenvalue weighted by molar-refractivity contribution is 5.91. The third-order valence-corrected chi connectivity index (χ3v) is 5.71. The van der Waals surface area contributed by atoms with Crippen molar-refractivity contribution in [1.82, 2.24) is 9.24 Å². The number of fused-ring (bicyclic) bond motifs is 1. The van der Waals surface area contributed by atoms with Gasteiger partial charge in [0.1, 0.15) is 11.2 Å². The fourth-order valence-electron chi connectivity index (χ4n) is 3.90. The first-order valence-corrected chi connectivity index (χ1v) is 9.22. The van der Waals surface area contributed by atoms with Gasteiger partial charge in [-0.25, -0.2) is 9.18 Å². The Kier molecular flexibility index (Phi) is 4.35. The number of benzene rings is 1. The number of piperidine rings is 1. The number of aliphatic hydroxyl groups is 2. The molecule has 2 heterocycles. The van der Waals surface area contributed by atoms with E-state index in [1.807, 2.05) is 0 Å². The van der Waals surface area contributed by atoms with E-state index in [0.717, 1.165) is 18.9 Å². The summed E-state index contributed by atoms with van der Waals surface area (Å²) in [5, 5.41) is 19.6. The molecule has 2 aliphatic rings. The molecule has 28 heavy (non-hydrogen) atoms. The summed E-state index contributed by atoms with van der Waals surface area (Å²) in [4.78, 5) is 26.8. The molecule has 1 aromatic carbocycles. The predicted molar refractivity (Wildman–Crippen MR) is 101 cm³/mol. The van der Waals surface area contributed by atoms with Crippen molar-refractivity contribution in [3.8, 4) is 5.75 Å². The largest absolute Gasteiger partial charge is 0.492 e. The highest BCUT2D eigenvalue weighted by Gasteiger charge is 2.36. The maximum atomic E-state index is 15.1. The lowest BCUT2D eigenvalue weighted by atomic mass is 9.92. The lowest BCUT2D eigenvalue weighted by molar-refractivity contribution is -0.0326. The second-order valence-electron chi connectivity index (χ2n) is 7.56. The van der Waals surface area contributed by atoms with Crippen molar-refractivity contribution in [2.75, 3.05) is 37.5 Å². The summed E-state index contributed by atoms with van der Waals surface area (Å²) in [6, 6.07) is 0.975. The minimum absolute atomic E-state index is 0.0176. The zero-order valence-electron chi connectivity index (χ0n) is 15.5. The van der Waals surface area contributed by atoms with Crippen LogP contribution in [-0.2, 0) is 0 Å². The first-order chi connectivity index (χ1) is 13.3. The summed E-state index contributed by atoms with van der Waals surface area (Å²) in [6.45, 7) is 0.213. The Morgan fingerprint density at radius 1 is 1.32 bits per heavy atom. The average Bonchev–Trinajstić information content (AvgIpc) is 3.52. The van der Waals surface area contributed by atoms with Gasteiger partial charge in [0.2, 0.25) is 0 Å². The number of anilines is 1. The maximum absolute atomic E-state index is 15.1. The standard InChI is InChI=1S/C18H23FN4O5/c1-28-15-13-11(16(25)23(20)17(26)22(13)10-2-3-10)8-12(19)14(15)21-6-4-18(27,9-24)5-7-21/h8,10,24,27H,2-7,9,20H2,1H3. The van der Waals surface area contributed by atoms with Crippen LogP contribution in [0.1, 0.15) is 31.7 Å². The smallest absolute Gasteiger partial charge is 0.350 e. The van der Waals surface area contributed by atoms with E-state index in [2.05, 4.69) is 0 Å². The van der Waals surface area contributed by atoms with Crippen LogP contribution in [0.3, 0.4) is 0 Å². The van der Waals surface area contributed by atoms with Gasteiger partial charge >= 0.3 is 5.69 Å². The number of ether oxygens (including phenoxy) is 1. The van der Waals surface area contributed by atoms with Gasteiger partial charge in [-0.2, -0.15) is 4.68 Å². The lowest BCUT2D eigenvalue weighted by Crippen LogP contribution is -2.47. The molecule has 0 radical (unpaired) electrons. The van der Waals surface area contributed by atoms with Crippen molar-refractivity contribution in [3.05, 3.63) is 32.7 Å². The Bertz CT molecular complexity index is 1050. The van der Waals surface area contributed by atoms with Crippen molar-refractivity contribution in [1.29, 1.82) is 0 Å². The van der Waals surface area contributed by atoms with Crippen LogP contribution in [0.25, 0.3) is 10.9 Å². The van der Waals surface area contributed by atoms with E-state index in [4.69, 9.17) is 10.6 Å². The van der Waals surface area contributed by atoms with Crippen LogP contribution >= 0.6 is 0 Å². The molecular weight excluding hydrogens is 371 g/mol. The van der Waals surface area contributed by atoms with Crippen molar-refractivity contribution < 1.29 is 19.3 Å². The van der Waals surface area contributed by atoms with Gasteiger partial charge in [0.15, 0.2) is 11.6 Å². The van der Waals surface area contributed by atoms with Gasteiger partial charge in [0.05, 0.1) is 24.7 Å². The predicted octanol–water partition coefficient (Wildman–Crippen LogP) is -0.317. The molecule has 4 N–H and O–H groups in total. The normalized spacial score (nSPS) is 19.2. The van der Waals surface area contributed by atoms with Crippen LogP contribution < -0.4 is 26.7 Å². The number of halogens is 1. The van der Waals surface area contributed by atoms with Crippen LogP contribution in [0.4, 0.5) is 10.1 Å². The highest BCUT2D eigenvalue weighted by Crippen LogP contribution is 2.43. The highest BCUT2D eigenvalue weighted by atomic mass is 19.1. The summed E-state index contributed by atoms with van der Waals surface area (Å²) in [5.74, 6) is 5.06. The topological polar surface area (TPSA) is 123 Å². The quantitative estimate of drug-likeness (QED) is 0.608. The third kappa shape index (κ3) is 2.75. The molecule has 9 nitrogen and oxygen atoms in total. The number of aliphatic hydroxyl groups excluding tert-OH is 1. The van der Waals surface area contributed by atoms with Crippen LogP contribution in [0.15, 0.2) is 15.7 Å². The average molecular weight is 394 g/mol. The van der Waals surface area contributed by atoms with Gasteiger partial charge in [0, 0.05) is 19.1 Å². The molecular formula is C18H23FN4O5. The molecule has 1 aliphatic carbocycles. The molecule has 0 amide bonds. The van der Waals surface area contributed by atoms with E-state index in [0.29, 0.717) is 4.68 Å². The minimum atomic E-state index is -1.19. The Balaban J connectivity index is 1.95. The van der Waals surface area contributed by atoms with Crippen LogP contribution in [-0.4, -0.2) is 51.9 Å². The molecule has 4 rings (SSSR count). The number of aromatic nitrogens is 2. The number of hydrogen-bond donors (Lipinski definition) is 3. The molecule has 2 aromatic rings. The SMILES string of the molecule is COc1c(N2CCC(O)(CO)CC2)c(F)cc2c(=O)n(N)c(=O)n(C3CC3)c12. The fraction of sp³-hybridized carbons (Fsp3) is 0.556. The number of nitrogens with two attached hydrogens (primary N) is 1. The van der Waals surface area contributed by atoms with E-state index >= 15 is 4.39 Å². The maximum Gasteiger partial charge on any atom is 0.350 e. The number of nitrogens with zero attached hydrogens (tertiary/aromatic N) is 3. The Labute approximate surface area is 159 Å². The van der Waals surface area contributed by atoms with E-state index in [-0.39, 0.29) is 60.9 Å². The first-order valence-electron chi connectivity index (χ1n) is 9.22. The van der Waals surface area contributed by atoms with E-state index in [9.17, 15) is 19.8 Å². The van der Waals surface area contributed by atoms with Gasteiger partial charge in [-0.05, 0) is 31.7 Å². The zero-order chi connectivity index (χ0) is 20.2. The molecule has 2 fully saturated rings. The molecule has 1 saturated heterocycles. The Morgan fingerprint density at radius 2 is 1.96 bits per heavy atom. The summed E-state index contributed by atoms with van der Waals surface area (Å²) in [5.41, 5.74) is -2.27. The summed E-state index contributed by atoms with van der Waals surface area (Å²) in [7, 11) is 1.36. The van der Waals surface area contributed by atoms with E-state index in [1.54, 1.807) is 4.90 Å². The molecule has 10 heteroatoms. The molecule has 0 unspecified atom stereocenters. The van der Waals surface area contributed by atoms with Gasteiger partial charge in [-0.15, -0.1) is 0 Å². The van der Waals surface area contributed by atoms with Crippen LogP contribution in [0.5, 0.6) is 5.75 Å². The van der Waals surface area contributed by atoms with Gasteiger partial charge in [-0.1, -0.05) is 0 Å². The number of hydrogen-bond acceptors (Lipinski definition) is 7. The number of rotatable bonds is 4. The van der Waals surface area contributed by atoms with Crippen molar-refractivity contribution in [2.24, 2.45) is 0 Å². The second-order valence-corrected chi connectivity index (χ2v) is 7.56. The van der Waals surface area contributed by atoms with Gasteiger partial charge < -0.3 is 25.7 Å². The van der Waals surface area contributed by atoms with Crippen molar-refractivity contribution in [2.45, 2.75) is 37.3 Å². The zero-order valence-corrected chi connectivity index (χ0v) is 15.5. The molecule has 0 bridgehead atoms. The summed E-state index contributed by atoms with van der Waals surface area (Å²) >= 11 is 0. The molecule has 1 saturated carbocycles. The second kappa shape index (κ2) is 6.49. The van der Waals surface area contributed by atoms with Crippen molar-refractivity contribution in [3.63, 3.8) is 0 Å². The summed E-state index contributed by atoms with van der Waals surface area (Å²) < 4.78 is 22.5. The van der Waals surface area contributed by atoms with Crippen LogP contribution in [0, 0.1) is 5.82 Å². The minimum Gasteiger partial charge on any atom is -0.492 e. The summed E-state index contributed by atoms with van der Waals surface area (Å²) in [6.07, 6.45) is 2.03. The molecule has 152 valence electrons. The van der Waals surface area contributed by atoms with E-state index in [1.165, 1.54) is 11.7 Å². The fourth-order valence-corrected chi connectivity index (χ4v) is 3.90. The first kappa shape index (κ1) is 18.8. The molecule has 0 atom stereocenters. The number of methoxy groups -OCH3 is 1. The molecule has 1 aromatic heterocycles. The Hall–Kier alpha value is -2.59. The van der Waals surface area contributed by atoms with Gasteiger partial charge in [-0.3, -0.25) is 9.36 Å². The lowest BCUT2D eigenvalue weighted by Gasteiger charge is -2.38. The molecule has 0 spiro atoms.